The monoisotopic (exact) mass is 216 g/mol. The van der Waals surface area contributed by atoms with Crippen LogP contribution in [0.2, 0.25) is 0 Å². The molecule has 0 aromatic heterocycles. The molecule has 0 spiro atoms. The van der Waals surface area contributed by atoms with Crippen LogP contribution in [0.5, 0.6) is 0 Å². The summed E-state index contributed by atoms with van der Waals surface area (Å²) in [5.74, 6) is 0. The molecule has 2 nitrogen and oxygen atoms in total. The average Bonchev–Trinajstić information content (AvgIpc) is 2.30. The lowest BCUT2D eigenvalue weighted by Crippen LogP contribution is -2.49. The maximum Gasteiger partial charge on any atom is 0.117 e. The Hall–Kier alpha value is -0.0800. The van der Waals surface area contributed by atoms with Gasteiger partial charge in [-0.05, 0) is 33.6 Å². The predicted molar refractivity (Wildman–Crippen MR) is 66.6 cm³/mol. The molecule has 0 aliphatic carbocycles. The highest BCUT2D eigenvalue weighted by molar-refractivity contribution is 4.52. The second-order valence-corrected chi connectivity index (χ2v) is 4.28. The Labute approximate surface area is 96.2 Å². The van der Waals surface area contributed by atoms with Gasteiger partial charge in [0.25, 0.3) is 0 Å². The molecule has 0 N–H and O–H groups in total. The first kappa shape index (κ1) is 14.9. The van der Waals surface area contributed by atoms with Crippen LogP contribution < -0.4 is 0 Å². The van der Waals surface area contributed by atoms with Crippen LogP contribution in [0.3, 0.4) is 0 Å². The normalized spacial score (nSPS) is 14.2. The summed E-state index contributed by atoms with van der Waals surface area (Å²) in [7, 11) is 0. The summed E-state index contributed by atoms with van der Waals surface area (Å²) in [5, 5.41) is 0. The van der Waals surface area contributed by atoms with Crippen molar-refractivity contribution in [2.75, 3.05) is 19.6 Å². The fraction of sp³-hybridized carbons (Fsp3) is 1.00. The highest BCUT2D eigenvalue weighted by Gasteiger charge is 2.26. The molecule has 0 saturated carbocycles. The maximum absolute atomic E-state index is 6.27. The number of rotatable bonds is 9. The van der Waals surface area contributed by atoms with Crippen LogP contribution in [0.1, 0.15) is 60.3 Å². The third-order valence-corrected chi connectivity index (χ3v) is 3.44. The Morgan fingerprint density at radius 3 is 1.80 bits per heavy atom. The largest absolute Gasteiger partial charge is 0.200 e. The number of hydroxylamine groups is 3. The van der Waals surface area contributed by atoms with Gasteiger partial charge in [0.05, 0.1) is 0 Å². The highest BCUT2D eigenvalue weighted by Crippen LogP contribution is 2.16. The Morgan fingerprint density at radius 1 is 0.933 bits per heavy atom. The molecule has 0 bridgehead atoms. The lowest BCUT2D eigenvalue weighted by Gasteiger charge is -2.35. The molecule has 0 aliphatic heterocycles. The number of quaternary nitrogens is 1. The second-order valence-electron chi connectivity index (χ2n) is 4.28. The molecular weight excluding hydrogens is 186 g/mol. The molecular formula is C13H30NO+. The fourth-order valence-electron chi connectivity index (χ4n) is 1.97. The van der Waals surface area contributed by atoms with Crippen molar-refractivity contribution in [3.05, 3.63) is 0 Å². The van der Waals surface area contributed by atoms with E-state index in [4.69, 9.17) is 4.84 Å². The molecule has 0 amide bonds. The quantitative estimate of drug-likeness (QED) is 0.421. The van der Waals surface area contributed by atoms with Crippen molar-refractivity contribution < 1.29 is 9.48 Å². The van der Waals surface area contributed by atoms with Crippen molar-refractivity contribution >= 4 is 0 Å². The minimum absolute atomic E-state index is 0.449. The minimum Gasteiger partial charge on any atom is -0.200 e. The molecule has 0 rings (SSSR count). The Morgan fingerprint density at radius 2 is 1.47 bits per heavy atom. The Balaban J connectivity index is 4.21. The van der Waals surface area contributed by atoms with Crippen LogP contribution in [-0.2, 0) is 4.84 Å². The van der Waals surface area contributed by atoms with Crippen LogP contribution in [0, 0.1) is 0 Å². The van der Waals surface area contributed by atoms with Crippen LogP contribution in [0.4, 0.5) is 0 Å². The molecule has 0 aliphatic rings. The van der Waals surface area contributed by atoms with Gasteiger partial charge in [-0.25, -0.2) is 0 Å². The van der Waals surface area contributed by atoms with Gasteiger partial charge in [0.1, 0.15) is 25.7 Å². The van der Waals surface area contributed by atoms with E-state index < -0.39 is 0 Å². The van der Waals surface area contributed by atoms with Crippen molar-refractivity contribution in [3.63, 3.8) is 0 Å². The fourth-order valence-corrected chi connectivity index (χ4v) is 1.97. The van der Waals surface area contributed by atoms with Crippen LogP contribution in [0.25, 0.3) is 0 Å². The summed E-state index contributed by atoms with van der Waals surface area (Å²) in [6, 6.07) is 0. The smallest absolute Gasteiger partial charge is 0.117 e. The SMILES string of the molecule is CCCCC(CC)O[N+](CC)(CC)CC. The van der Waals surface area contributed by atoms with Gasteiger partial charge in [0.2, 0.25) is 0 Å². The van der Waals surface area contributed by atoms with E-state index in [1.807, 2.05) is 0 Å². The first-order chi connectivity index (χ1) is 7.17. The van der Waals surface area contributed by atoms with Gasteiger partial charge in [-0.15, -0.1) is 0 Å². The first-order valence-corrected chi connectivity index (χ1v) is 6.72. The van der Waals surface area contributed by atoms with E-state index in [1.54, 1.807) is 0 Å². The molecule has 2 heteroatoms. The van der Waals surface area contributed by atoms with Gasteiger partial charge in [-0.3, -0.25) is 0 Å². The predicted octanol–water partition coefficient (Wildman–Crippen LogP) is 3.76. The second kappa shape index (κ2) is 8.12. The van der Waals surface area contributed by atoms with E-state index in [9.17, 15) is 0 Å². The van der Waals surface area contributed by atoms with E-state index in [-0.39, 0.29) is 0 Å². The molecule has 1 atom stereocenters. The van der Waals surface area contributed by atoms with Crippen molar-refractivity contribution in [3.8, 4) is 0 Å². The maximum atomic E-state index is 6.27. The molecule has 1 unspecified atom stereocenters. The zero-order valence-corrected chi connectivity index (χ0v) is 11.4. The molecule has 15 heavy (non-hydrogen) atoms. The Bertz CT molecular complexity index is 135. The standard InChI is InChI=1S/C13H30NO/c1-6-11-12-13(7-2)15-14(8-3,9-4)10-5/h13H,6-12H2,1-5H3/q+1. The van der Waals surface area contributed by atoms with E-state index in [0.29, 0.717) is 6.10 Å². The Kier molecular flexibility index (Phi) is 8.07. The van der Waals surface area contributed by atoms with E-state index in [0.717, 1.165) is 30.7 Å². The van der Waals surface area contributed by atoms with Gasteiger partial charge >= 0.3 is 0 Å². The summed E-state index contributed by atoms with van der Waals surface area (Å²) >= 11 is 0. The molecule has 0 radical (unpaired) electrons. The topological polar surface area (TPSA) is 9.23 Å². The lowest BCUT2D eigenvalue weighted by atomic mass is 10.1. The number of hydrogen-bond donors (Lipinski definition) is 0. The van der Waals surface area contributed by atoms with Gasteiger partial charge in [-0.2, -0.15) is 9.48 Å². The van der Waals surface area contributed by atoms with E-state index in [1.165, 1.54) is 19.3 Å². The van der Waals surface area contributed by atoms with Gasteiger partial charge in [0, 0.05) is 0 Å². The molecule has 0 aromatic rings. The van der Waals surface area contributed by atoms with Crippen molar-refractivity contribution in [1.82, 2.24) is 0 Å². The third kappa shape index (κ3) is 4.98. The summed E-state index contributed by atoms with van der Waals surface area (Å²) in [4.78, 5) is 6.27. The number of unbranched alkanes of at least 4 members (excludes halogenated alkanes) is 1. The third-order valence-electron chi connectivity index (χ3n) is 3.44. The van der Waals surface area contributed by atoms with Gasteiger partial charge < -0.3 is 0 Å². The van der Waals surface area contributed by atoms with Crippen LogP contribution in [-0.4, -0.2) is 30.4 Å². The van der Waals surface area contributed by atoms with Crippen molar-refractivity contribution in [1.29, 1.82) is 0 Å². The first-order valence-electron chi connectivity index (χ1n) is 6.72. The van der Waals surface area contributed by atoms with Crippen molar-refractivity contribution in [2.24, 2.45) is 0 Å². The van der Waals surface area contributed by atoms with Gasteiger partial charge in [-0.1, -0.05) is 26.7 Å². The molecule has 92 valence electrons. The number of nitrogens with zero attached hydrogens (tertiary/aromatic N) is 1. The minimum atomic E-state index is 0.449. The van der Waals surface area contributed by atoms with Crippen LogP contribution >= 0.6 is 0 Å². The molecule has 0 aromatic carbocycles. The average molecular weight is 216 g/mol. The summed E-state index contributed by atoms with van der Waals surface area (Å²) in [6.07, 6.45) is 5.36. The van der Waals surface area contributed by atoms with Crippen molar-refractivity contribution in [2.45, 2.75) is 66.4 Å². The summed E-state index contributed by atoms with van der Waals surface area (Å²) in [5.41, 5.74) is 0. The number of hydrogen-bond acceptors (Lipinski definition) is 1. The summed E-state index contributed by atoms with van der Waals surface area (Å²) in [6.45, 7) is 14.4. The zero-order valence-electron chi connectivity index (χ0n) is 11.4. The van der Waals surface area contributed by atoms with E-state index >= 15 is 0 Å². The van der Waals surface area contributed by atoms with Gasteiger partial charge in [0.15, 0.2) is 0 Å². The zero-order chi connectivity index (χ0) is 11.7. The van der Waals surface area contributed by atoms with Crippen LogP contribution in [0.15, 0.2) is 0 Å². The highest BCUT2D eigenvalue weighted by atomic mass is 16.7. The molecule has 0 fully saturated rings. The van der Waals surface area contributed by atoms with E-state index in [2.05, 4.69) is 34.6 Å². The molecule has 0 heterocycles. The summed E-state index contributed by atoms with van der Waals surface area (Å²) < 4.78 is 0.822. The molecule has 0 saturated heterocycles. The lowest BCUT2D eigenvalue weighted by molar-refractivity contribution is -1.11.